The topological polar surface area (TPSA) is 76.1 Å². The van der Waals surface area contributed by atoms with Gasteiger partial charge >= 0.3 is 12.1 Å². The van der Waals surface area contributed by atoms with Crippen molar-refractivity contribution in [3.05, 3.63) is 64.2 Å². The van der Waals surface area contributed by atoms with Gasteiger partial charge in [-0.25, -0.2) is 9.59 Å². The van der Waals surface area contributed by atoms with Gasteiger partial charge in [-0.15, -0.1) is 0 Å². The molecule has 0 aromatic heterocycles. The molecule has 0 saturated carbocycles. The molecule has 0 bridgehead atoms. The lowest BCUT2D eigenvalue weighted by Crippen LogP contribution is -2.39. The molecule has 6 nitrogen and oxygen atoms in total. The molecule has 1 heterocycles. The van der Waals surface area contributed by atoms with Gasteiger partial charge < -0.3 is 14.6 Å². The number of nitrogens with zero attached hydrogens (tertiary/aromatic N) is 1. The number of benzene rings is 2. The molecule has 1 aliphatic heterocycles. The van der Waals surface area contributed by atoms with Crippen LogP contribution in [0, 0.1) is 0 Å². The second kappa shape index (κ2) is 8.31. The Morgan fingerprint density at radius 2 is 2.00 bits per heavy atom. The van der Waals surface area contributed by atoms with E-state index in [0.717, 1.165) is 11.1 Å². The third kappa shape index (κ3) is 4.17. The predicted octanol–water partition coefficient (Wildman–Crippen LogP) is 3.91. The van der Waals surface area contributed by atoms with E-state index in [4.69, 9.17) is 21.1 Å². The quantitative estimate of drug-likeness (QED) is 0.784. The monoisotopic (exact) mass is 389 g/mol. The van der Waals surface area contributed by atoms with Gasteiger partial charge in [0, 0.05) is 17.1 Å². The van der Waals surface area contributed by atoms with E-state index in [-0.39, 0.29) is 13.2 Å². The molecule has 2 aromatic carbocycles. The first kappa shape index (κ1) is 19.0. The molecule has 1 amide bonds. The Morgan fingerprint density at radius 1 is 1.22 bits per heavy atom. The molecule has 142 valence electrons. The predicted molar refractivity (Wildman–Crippen MR) is 100 cm³/mol. The summed E-state index contributed by atoms with van der Waals surface area (Å²) in [6.45, 7) is 2.08. The lowest BCUT2D eigenvalue weighted by Gasteiger charge is -2.36. The summed E-state index contributed by atoms with van der Waals surface area (Å²) in [5.41, 5.74) is 2.56. The average molecular weight is 390 g/mol. The van der Waals surface area contributed by atoms with E-state index in [0.29, 0.717) is 29.3 Å². The summed E-state index contributed by atoms with van der Waals surface area (Å²) in [5, 5.41) is 10.2. The lowest BCUT2D eigenvalue weighted by atomic mass is 9.88. The molecule has 1 N–H and O–H groups in total. The molecule has 1 aliphatic rings. The van der Waals surface area contributed by atoms with Crippen LogP contribution in [0.2, 0.25) is 5.02 Å². The Kier molecular flexibility index (Phi) is 5.86. The smallest absolute Gasteiger partial charge is 0.408 e. The van der Waals surface area contributed by atoms with Crippen LogP contribution in [0.1, 0.15) is 29.7 Å². The molecule has 0 aliphatic carbocycles. The Morgan fingerprint density at radius 3 is 2.74 bits per heavy atom. The van der Waals surface area contributed by atoms with Crippen LogP contribution in [0.4, 0.5) is 4.79 Å². The summed E-state index contributed by atoms with van der Waals surface area (Å²) < 4.78 is 10.5. The van der Waals surface area contributed by atoms with Gasteiger partial charge in [0.15, 0.2) is 6.61 Å². The fraction of sp³-hybridized carbons (Fsp3) is 0.300. The van der Waals surface area contributed by atoms with E-state index < -0.39 is 18.1 Å². The third-order valence-corrected chi connectivity index (χ3v) is 4.68. The number of hydrogen-bond acceptors (Lipinski definition) is 4. The number of carboxylic acid groups (broad SMARTS) is 1. The number of fused-ring (bicyclic) bond motifs is 1. The van der Waals surface area contributed by atoms with Crippen molar-refractivity contribution in [2.75, 3.05) is 19.8 Å². The van der Waals surface area contributed by atoms with Crippen LogP contribution in [0.15, 0.2) is 42.5 Å². The normalized spacial score (nSPS) is 15.8. The molecular weight excluding hydrogens is 370 g/mol. The van der Waals surface area contributed by atoms with Crippen molar-refractivity contribution in [3.8, 4) is 5.75 Å². The second-order valence-electron chi connectivity index (χ2n) is 6.10. The van der Waals surface area contributed by atoms with E-state index in [1.165, 1.54) is 4.90 Å². The van der Waals surface area contributed by atoms with Crippen molar-refractivity contribution >= 4 is 23.7 Å². The first-order chi connectivity index (χ1) is 13.0. The lowest BCUT2D eigenvalue weighted by molar-refractivity contribution is -0.145. The van der Waals surface area contributed by atoms with Crippen molar-refractivity contribution in [3.63, 3.8) is 0 Å². The summed E-state index contributed by atoms with van der Waals surface area (Å²) >= 11 is 6.19. The number of halogens is 1. The highest BCUT2D eigenvalue weighted by Crippen LogP contribution is 2.40. The molecule has 0 saturated heterocycles. The number of esters is 1. The van der Waals surface area contributed by atoms with Crippen LogP contribution >= 0.6 is 11.6 Å². The molecule has 2 aromatic rings. The molecular formula is C20H20ClNO5. The molecule has 0 radical (unpaired) electrons. The molecule has 27 heavy (non-hydrogen) atoms. The number of carbonyl (C=O) groups is 2. The van der Waals surface area contributed by atoms with Crippen LogP contribution in [-0.2, 0) is 16.0 Å². The van der Waals surface area contributed by atoms with E-state index in [1.807, 2.05) is 24.3 Å². The van der Waals surface area contributed by atoms with Crippen molar-refractivity contribution < 1.29 is 24.2 Å². The largest absolute Gasteiger partial charge is 0.482 e. The summed E-state index contributed by atoms with van der Waals surface area (Å²) in [4.78, 5) is 24.9. The highest BCUT2D eigenvalue weighted by atomic mass is 35.5. The van der Waals surface area contributed by atoms with Crippen molar-refractivity contribution in [2.45, 2.75) is 19.4 Å². The van der Waals surface area contributed by atoms with E-state index in [2.05, 4.69) is 0 Å². The van der Waals surface area contributed by atoms with E-state index >= 15 is 0 Å². The molecule has 0 unspecified atom stereocenters. The van der Waals surface area contributed by atoms with Gasteiger partial charge in [0.25, 0.3) is 0 Å². The zero-order valence-electron chi connectivity index (χ0n) is 14.9. The standard InChI is InChI=1S/C20H20ClNO5/c1-2-26-18(23)12-27-17-8-7-14(21)11-16(17)19-15-6-4-3-5-13(15)9-10-22(19)20(24)25/h3-8,11,19H,2,9-10,12H2,1H3,(H,24,25)/t19-/m0/s1. The number of rotatable bonds is 5. The summed E-state index contributed by atoms with van der Waals surface area (Å²) in [6.07, 6.45) is -0.385. The Hall–Kier alpha value is -2.73. The number of ether oxygens (including phenoxy) is 2. The van der Waals surface area contributed by atoms with Crippen LogP contribution in [-0.4, -0.2) is 41.8 Å². The number of amides is 1. The van der Waals surface area contributed by atoms with Crippen LogP contribution in [0.25, 0.3) is 0 Å². The first-order valence-electron chi connectivity index (χ1n) is 8.66. The van der Waals surface area contributed by atoms with Crippen molar-refractivity contribution in [1.82, 2.24) is 4.90 Å². The van der Waals surface area contributed by atoms with Gasteiger partial charge in [-0.3, -0.25) is 4.90 Å². The molecule has 1 atom stereocenters. The van der Waals surface area contributed by atoms with Gasteiger partial charge in [-0.1, -0.05) is 35.9 Å². The maximum Gasteiger partial charge on any atom is 0.408 e. The highest BCUT2D eigenvalue weighted by Gasteiger charge is 2.34. The molecule has 3 rings (SSSR count). The zero-order chi connectivity index (χ0) is 19.4. The first-order valence-corrected chi connectivity index (χ1v) is 9.04. The Balaban J connectivity index is 2.03. The third-order valence-electron chi connectivity index (χ3n) is 4.45. The SMILES string of the molecule is CCOC(=O)COc1ccc(Cl)cc1[C@@H]1c2ccccc2CCN1C(=O)O. The van der Waals surface area contributed by atoms with Crippen molar-refractivity contribution in [2.24, 2.45) is 0 Å². The Bertz CT molecular complexity index is 854. The van der Waals surface area contributed by atoms with Crippen LogP contribution in [0.3, 0.4) is 0 Å². The number of hydrogen-bond donors (Lipinski definition) is 1. The Labute approximate surface area is 162 Å². The molecule has 0 fully saturated rings. The molecule has 7 heteroatoms. The van der Waals surface area contributed by atoms with E-state index in [1.54, 1.807) is 25.1 Å². The zero-order valence-corrected chi connectivity index (χ0v) is 15.6. The summed E-state index contributed by atoms with van der Waals surface area (Å²) in [7, 11) is 0. The minimum Gasteiger partial charge on any atom is -0.482 e. The van der Waals surface area contributed by atoms with Crippen LogP contribution < -0.4 is 4.74 Å². The fourth-order valence-electron chi connectivity index (χ4n) is 3.31. The number of carbonyl (C=O) groups excluding carboxylic acids is 1. The minimum absolute atomic E-state index is 0.260. The van der Waals surface area contributed by atoms with Gasteiger partial charge in [0.1, 0.15) is 5.75 Å². The van der Waals surface area contributed by atoms with Gasteiger partial charge in [0.05, 0.1) is 12.6 Å². The minimum atomic E-state index is -1.02. The van der Waals surface area contributed by atoms with E-state index in [9.17, 15) is 14.7 Å². The average Bonchev–Trinajstić information content (AvgIpc) is 2.66. The summed E-state index contributed by atoms with van der Waals surface area (Å²) in [5.74, 6) is -0.0852. The maximum atomic E-state index is 11.9. The van der Waals surface area contributed by atoms with Crippen molar-refractivity contribution in [1.29, 1.82) is 0 Å². The van der Waals surface area contributed by atoms with Gasteiger partial charge in [-0.05, 0) is 42.7 Å². The fourth-order valence-corrected chi connectivity index (χ4v) is 3.49. The molecule has 0 spiro atoms. The van der Waals surface area contributed by atoms with Crippen LogP contribution in [0.5, 0.6) is 5.75 Å². The maximum absolute atomic E-state index is 11.9. The second-order valence-corrected chi connectivity index (χ2v) is 6.54. The van der Waals surface area contributed by atoms with Gasteiger partial charge in [-0.2, -0.15) is 0 Å². The highest BCUT2D eigenvalue weighted by molar-refractivity contribution is 6.30. The van der Waals surface area contributed by atoms with Gasteiger partial charge in [0.2, 0.25) is 0 Å². The summed E-state index contributed by atoms with van der Waals surface area (Å²) in [6, 6.07) is 12.1.